The predicted molar refractivity (Wildman–Crippen MR) is 76.3 cm³/mol. The molecule has 1 rings (SSSR count). The van der Waals surface area contributed by atoms with Gasteiger partial charge in [-0.25, -0.2) is 0 Å². The molecule has 0 saturated heterocycles. The number of unbranched alkanes of at least 4 members (excludes halogenated alkanes) is 1. The van der Waals surface area contributed by atoms with E-state index in [9.17, 15) is 4.79 Å². The van der Waals surface area contributed by atoms with Crippen LogP contribution in [-0.2, 0) is 4.79 Å². The van der Waals surface area contributed by atoms with E-state index in [1.807, 2.05) is 0 Å². The van der Waals surface area contributed by atoms with Crippen LogP contribution in [0.1, 0.15) is 65.2 Å². The van der Waals surface area contributed by atoms with Gasteiger partial charge in [-0.15, -0.1) is 0 Å². The predicted octanol–water partition coefficient (Wildman–Crippen LogP) is 2.93. The molecular formula is C15H30N2O. The Morgan fingerprint density at radius 1 is 1.33 bits per heavy atom. The second-order valence-corrected chi connectivity index (χ2v) is 5.66. The van der Waals surface area contributed by atoms with Gasteiger partial charge in [0, 0.05) is 25.0 Å². The quantitative estimate of drug-likeness (QED) is 0.759. The van der Waals surface area contributed by atoms with E-state index < -0.39 is 0 Å². The first-order valence-electron chi connectivity index (χ1n) is 7.71. The highest BCUT2D eigenvalue weighted by Crippen LogP contribution is 2.24. The summed E-state index contributed by atoms with van der Waals surface area (Å²) in [7, 11) is 0. The van der Waals surface area contributed by atoms with E-state index >= 15 is 0 Å². The van der Waals surface area contributed by atoms with Crippen molar-refractivity contribution in [3.63, 3.8) is 0 Å². The Kier molecular flexibility index (Phi) is 7.33. The largest absolute Gasteiger partial charge is 0.338 e. The smallest absolute Gasteiger partial charge is 0.225 e. The molecule has 0 bridgehead atoms. The lowest BCUT2D eigenvalue weighted by Crippen LogP contribution is -2.46. The molecule has 2 N–H and O–H groups in total. The van der Waals surface area contributed by atoms with E-state index in [1.165, 1.54) is 32.1 Å². The minimum Gasteiger partial charge on any atom is -0.338 e. The number of carbonyl (C=O) groups is 1. The molecule has 0 spiro atoms. The summed E-state index contributed by atoms with van der Waals surface area (Å²) in [6.45, 7) is 5.57. The highest BCUT2D eigenvalue weighted by molar-refractivity contribution is 5.78. The van der Waals surface area contributed by atoms with Crippen molar-refractivity contribution in [1.29, 1.82) is 0 Å². The van der Waals surface area contributed by atoms with E-state index in [4.69, 9.17) is 5.73 Å². The van der Waals surface area contributed by atoms with Crippen molar-refractivity contribution in [2.24, 2.45) is 11.7 Å². The van der Waals surface area contributed by atoms with E-state index in [0.29, 0.717) is 18.5 Å². The minimum absolute atomic E-state index is 0.165. The standard InChI is InChI=1S/C15H30N2O/c1-3-4-8-13(2)15(18)17(12-11-16)14-9-6-5-7-10-14/h13-14H,3-12,16H2,1-2H3. The van der Waals surface area contributed by atoms with E-state index in [1.54, 1.807) is 0 Å². The molecule has 1 fully saturated rings. The molecule has 1 aliphatic rings. The van der Waals surface area contributed by atoms with Crippen molar-refractivity contribution in [2.75, 3.05) is 13.1 Å². The van der Waals surface area contributed by atoms with Crippen molar-refractivity contribution >= 4 is 5.91 Å². The van der Waals surface area contributed by atoms with Crippen LogP contribution in [0.5, 0.6) is 0 Å². The second-order valence-electron chi connectivity index (χ2n) is 5.66. The molecule has 1 atom stereocenters. The normalized spacial score (nSPS) is 18.6. The molecule has 3 heteroatoms. The zero-order chi connectivity index (χ0) is 13.4. The van der Waals surface area contributed by atoms with Gasteiger partial charge in [-0.05, 0) is 19.3 Å². The topological polar surface area (TPSA) is 46.3 Å². The molecule has 106 valence electrons. The number of hydrogen-bond donors (Lipinski definition) is 1. The third kappa shape index (κ3) is 4.60. The number of rotatable bonds is 7. The first-order valence-corrected chi connectivity index (χ1v) is 7.71. The van der Waals surface area contributed by atoms with Gasteiger partial charge in [-0.2, -0.15) is 0 Å². The Labute approximate surface area is 112 Å². The van der Waals surface area contributed by atoms with Gasteiger partial charge in [0.2, 0.25) is 5.91 Å². The van der Waals surface area contributed by atoms with Crippen molar-refractivity contribution in [3.05, 3.63) is 0 Å². The van der Waals surface area contributed by atoms with Crippen molar-refractivity contribution in [3.8, 4) is 0 Å². The first-order chi connectivity index (χ1) is 8.70. The third-order valence-electron chi connectivity index (χ3n) is 4.08. The average molecular weight is 254 g/mol. The molecule has 0 aromatic heterocycles. The average Bonchev–Trinajstić information content (AvgIpc) is 2.42. The van der Waals surface area contributed by atoms with Crippen LogP contribution in [0.2, 0.25) is 0 Å². The van der Waals surface area contributed by atoms with Gasteiger partial charge in [-0.3, -0.25) is 4.79 Å². The summed E-state index contributed by atoms with van der Waals surface area (Å²) in [5.41, 5.74) is 5.68. The van der Waals surface area contributed by atoms with Crippen LogP contribution in [0.15, 0.2) is 0 Å². The highest BCUT2D eigenvalue weighted by atomic mass is 16.2. The van der Waals surface area contributed by atoms with E-state index in [2.05, 4.69) is 18.7 Å². The van der Waals surface area contributed by atoms with Crippen molar-refractivity contribution < 1.29 is 4.79 Å². The lowest BCUT2D eigenvalue weighted by atomic mass is 9.92. The minimum atomic E-state index is 0.165. The molecule has 1 amide bonds. The van der Waals surface area contributed by atoms with Crippen LogP contribution in [0.3, 0.4) is 0 Å². The molecule has 0 aromatic rings. The number of carbonyl (C=O) groups excluding carboxylic acids is 1. The lowest BCUT2D eigenvalue weighted by Gasteiger charge is -2.36. The van der Waals surface area contributed by atoms with Crippen molar-refractivity contribution in [2.45, 2.75) is 71.3 Å². The number of hydrogen-bond acceptors (Lipinski definition) is 2. The Hall–Kier alpha value is -0.570. The van der Waals surface area contributed by atoms with Gasteiger partial charge in [0.05, 0.1) is 0 Å². The van der Waals surface area contributed by atoms with Crippen LogP contribution < -0.4 is 5.73 Å². The van der Waals surface area contributed by atoms with E-state index in [-0.39, 0.29) is 5.92 Å². The third-order valence-corrected chi connectivity index (χ3v) is 4.08. The zero-order valence-electron chi connectivity index (χ0n) is 12.2. The Morgan fingerprint density at radius 2 is 2.00 bits per heavy atom. The summed E-state index contributed by atoms with van der Waals surface area (Å²) in [5.74, 6) is 0.499. The second kappa shape index (κ2) is 8.52. The monoisotopic (exact) mass is 254 g/mol. The SMILES string of the molecule is CCCCC(C)C(=O)N(CCN)C1CCCCC1. The molecule has 1 unspecified atom stereocenters. The maximum absolute atomic E-state index is 12.5. The summed E-state index contributed by atoms with van der Waals surface area (Å²) in [4.78, 5) is 14.6. The highest BCUT2D eigenvalue weighted by Gasteiger charge is 2.27. The van der Waals surface area contributed by atoms with Gasteiger partial charge in [0.1, 0.15) is 0 Å². The summed E-state index contributed by atoms with van der Waals surface area (Å²) in [5, 5.41) is 0. The molecule has 3 nitrogen and oxygen atoms in total. The van der Waals surface area contributed by atoms with Gasteiger partial charge in [-0.1, -0.05) is 46.0 Å². The summed E-state index contributed by atoms with van der Waals surface area (Å²) >= 11 is 0. The molecule has 1 aliphatic carbocycles. The molecule has 1 saturated carbocycles. The summed E-state index contributed by atoms with van der Waals surface area (Å²) in [6.07, 6.45) is 9.53. The molecular weight excluding hydrogens is 224 g/mol. The van der Waals surface area contributed by atoms with Crippen LogP contribution in [0.4, 0.5) is 0 Å². The fraction of sp³-hybridized carbons (Fsp3) is 0.933. The van der Waals surface area contributed by atoms with Gasteiger partial charge >= 0.3 is 0 Å². The molecule has 0 radical (unpaired) electrons. The van der Waals surface area contributed by atoms with Crippen LogP contribution in [0.25, 0.3) is 0 Å². The zero-order valence-corrected chi connectivity index (χ0v) is 12.2. The van der Waals surface area contributed by atoms with Crippen LogP contribution in [-0.4, -0.2) is 29.9 Å². The van der Waals surface area contributed by atoms with Crippen molar-refractivity contribution in [1.82, 2.24) is 4.90 Å². The Balaban J connectivity index is 2.55. The number of nitrogens with zero attached hydrogens (tertiary/aromatic N) is 1. The van der Waals surface area contributed by atoms with Crippen LogP contribution >= 0.6 is 0 Å². The Bertz CT molecular complexity index is 237. The fourth-order valence-electron chi connectivity index (χ4n) is 2.92. The maximum atomic E-state index is 12.5. The summed E-state index contributed by atoms with van der Waals surface area (Å²) in [6, 6.07) is 0.457. The molecule has 0 heterocycles. The van der Waals surface area contributed by atoms with Crippen LogP contribution in [0, 0.1) is 5.92 Å². The molecule has 0 aromatic carbocycles. The van der Waals surface area contributed by atoms with Gasteiger partial charge in [0.25, 0.3) is 0 Å². The number of amides is 1. The molecule has 0 aliphatic heterocycles. The maximum Gasteiger partial charge on any atom is 0.225 e. The first kappa shape index (κ1) is 15.5. The lowest BCUT2D eigenvalue weighted by molar-refractivity contribution is -0.138. The van der Waals surface area contributed by atoms with Gasteiger partial charge in [0.15, 0.2) is 0 Å². The summed E-state index contributed by atoms with van der Waals surface area (Å²) < 4.78 is 0. The van der Waals surface area contributed by atoms with E-state index in [0.717, 1.165) is 25.8 Å². The number of nitrogens with two attached hydrogens (primary N) is 1. The van der Waals surface area contributed by atoms with Gasteiger partial charge < -0.3 is 10.6 Å². The fourth-order valence-corrected chi connectivity index (χ4v) is 2.92. The Morgan fingerprint density at radius 3 is 2.56 bits per heavy atom. The molecule has 18 heavy (non-hydrogen) atoms.